The highest BCUT2D eigenvalue weighted by Crippen LogP contribution is 2.32. The van der Waals surface area contributed by atoms with E-state index in [-0.39, 0.29) is 0 Å². The third kappa shape index (κ3) is 3.97. The van der Waals surface area contributed by atoms with E-state index in [0.29, 0.717) is 12.1 Å². The Morgan fingerprint density at radius 1 is 1.21 bits per heavy atom. The first-order chi connectivity index (χ1) is 9.20. The molecule has 2 heteroatoms. The molecule has 2 nitrogen and oxygen atoms in total. The molecule has 1 aromatic rings. The Morgan fingerprint density at radius 3 is 2.58 bits per heavy atom. The lowest BCUT2D eigenvalue weighted by molar-refractivity contribution is 0.0726. The van der Waals surface area contributed by atoms with Crippen LogP contribution < -0.4 is 10.1 Å². The van der Waals surface area contributed by atoms with Crippen LogP contribution in [0.25, 0.3) is 0 Å². The summed E-state index contributed by atoms with van der Waals surface area (Å²) in [5.74, 6) is 2.55. The van der Waals surface area contributed by atoms with Gasteiger partial charge in [0.1, 0.15) is 11.9 Å². The summed E-state index contributed by atoms with van der Waals surface area (Å²) in [5.41, 5.74) is 0. The molecule has 0 saturated heterocycles. The van der Waals surface area contributed by atoms with Crippen LogP contribution >= 0.6 is 0 Å². The maximum atomic E-state index is 6.24. The van der Waals surface area contributed by atoms with Crippen LogP contribution in [0, 0.1) is 11.8 Å². The minimum absolute atomic E-state index is 0.309. The summed E-state index contributed by atoms with van der Waals surface area (Å²) in [6.07, 6.45) is 4.03. The first-order valence-electron chi connectivity index (χ1n) is 7.65. The topological polar surface area (TPSA) is 21.3 Å². The van der Waals surface area contributed by atoms with Crippen molar-refractivity contribution in [2.24, 2.45) is 11.8 Å². The van der Waals surface area contributed by atoms with E-state index in [2.05, 4.69) is 38.2 Å². The number of nitrogens with one attached hydrogen (secondary N) is 1. The van der Waals surface area contributed by atoms with Gasteiger partial charge in [-0.05, 0) is 49.8 Å². The Balaban J connectivity index is 2.03. The maximum absolute atomic E-state index is 6.24. The minimum atomic E-state index is 0.309. The Hall–Kier alpha value is -1.02. The molecule has 1 aliphatic carbocycles. The third-order valence-corrected chi connectivity index (χ3v) is 4.27. The van der Waals surface area contributed by atoms with Gasteiger partial charge in [0.2, 0.25) is 0 Å². The van der Waals surface area contributed by atoms with E-state index in [1.54, 1.807) is 0 Å². The van der Waals surface area contributed by atoms with Gasteiger partial charge in [0.05, 0.1) is 0 Å². The third-order valence-electron chi connectivity index (χ3n) is 4.27. The van der Waals surface area contributed by atoms with Crippen LogP contribution in [0.2, 0.25) is 0 Å². The minimum Gasteiger partial charge on any atom is -0.489 e. The normalized spacial score (nSPS) is 27.5. The average molecular weight is 261 g/mol. The van der Waals surface area contributed by atoms with E-state index in [1.165, 1.54) is 19.3 Å². The number of para-hydroxylation sites is 1. The molecule has 2 rings (SSSR count). The molecule has 3 atom stereocenters. The molecule has 0 spiro atoms. The molecular weight excluding hydrogens is 234 g/mol. The molecule has 0 radical (unpaired) electrons. The fourth-order valence-corrected chi connectivity index (χ4v) is 3.07. The molecule has 106 valence electrons. The Labute approximate surface area is 117 Å². The van der Waals surface area contributed by atoms with Crippen molar-refractivity contribution in [3.8, 4) is 5.75 Å². The maximum Gasteiger partial charge on any atom is 0.119 e. The molecule has 19 heavy (non-hydrogen) atoms. The van der Waals surface area contributed by atoms with Crippen LogP contribution in [0.5, 0.6) is 5.75 Å². The Bertz CT molecular complexity index is 363. The molecule has 1 fully saturated rings. The SMILES string of the molecule is CCNC1CCC(C(C)C)CC1Oc1ccccc1. The van der Waals surface area contributed by atoms with E-state index >= 15 is 0 Å². The summed E-state index contributed by atoms with van der Waals surface area (Å²) in [6.45, 7) is 7.86. The molecule has 0 bridgehead atoms. The zero-order valence-electron chi connectivity index (χ0n) is 12.4. The molecule has 1 aromatic carbocycles. The van der Waals surface area contributed by atoms with Crippen molar-refractivity contribution in [1.29, 1.82) is 0 Å². The van der Waals surface area contributed by atoms with E-state index in [1.807, 2.05) is 18.2 Å². The fourth-order valence-electron chi connectivity index (χ4n) is 3.07. The smallest absolute Gasteiger partial charge is 0.119 e. The first kappa shape index (κ1) is 14.4. The predicted octanol–water partition coefficient (Wildman–Crippen LogP) is 3.87. The van der Waals surface area contributed by atoms with Gasteiger partial charge in [0, 0.05) is 6.04 Å². The summed E-state index contributed by atoms with van der Waals surface area (Å²) < 4.78 is 6.24. The van der Waals surface area contributed by atoms with Gasteiger partial charge in [0.25, 0.3) is 0 Å². The molecule has 0 heterocycles. The zero-order chi connectivity index (χ0) is 13.7. The highest BCUT2D eigenvalue weighted by atomic mass is 16.5. The van der Waals surface area contributed by atoms with Crippen molar-refractivity contribution in [1.82, 2.24) is 5.32 Å². The fraction of sp³-hybridized carbons (Fsp3) is 0.647. The van der Waals surface area contributed by atoms with Gasteiger partial charge < -0.3 is 10.1 Å². The lowest BCUT2D eigenvalue weighted by atomic mass is 9.78. The van der Waals surface area contributed by atoms with Crippen LogP contribution in [-0.4, -0.2) is 18.7 Å². The first-order valence-corrected chi connectivity index (χ1v) is 7.65. The van der Waals surface area contributed by atoms with E-state index in [0.717, 1.165) is 24.1 Å². The standard InChI is InChI=1S/C17H27NO/c1-4-18-16-11-10-14(13(2)3)12-17(16)19-15-8-6-5-7-9-15/h5-9,13-14,16-18H,4,10-12H2,1-3H3. The summed E-state index contributed by atoms with van der Waals surface area (Å²) >= 11 is 0. The van der Waals surface area contributed by atoms with Gasteiger partial charge in [0.15, 0.2) is 0 Å². The van der Waals surface area contributed by atoms with Crippen LogP contribution in [0.1, 0.15) is 40.0 Å². The quantitative estimate of drug-likeness (QED) is 0.869. The Morgan fingerprint density at radius 2 is 1.95 bits per heavy atom. The lowest BCUT2D eigenvalue weighted by Crippen LogP contribution is -2.47. The van der Waals surface area contributed by atoms with Crippen molar-refractivity contribution in [3.05, 3.63) is 30.3 Å². The van der Waals surface area contributed by atoms with Crippen molar-refractivity contribution in [3.63, 3.8) is 0 Å². The van der Waals surface area contributed by atoms with E-state index in [9.17, 15) is 0 Å². The predicted molar refractivity (Wildman–Crippen MR) is 80.5 cm³/mol. The number of benzene rings is 1. The van der Waals surface area contributed by atoms with Gasteiger partial charge in [-0.25, -0.2) is 0 Å². The number of hydrogen-bond donors (Lipinski definition) is 1. The second-order valence-electron chi connectivity index (χ2n) is 5.95. The summed E-state index contributed by atoms with van der Waals surface area (Å²) in [6, 6.07) is 10.7. The van der Waals surface area contributed by atoms with Crippen molar-refractivity contribution >= 4 is 0 Å². The number of hydrogen-bond acceptors (Lipinski definition) is 2. The van der Waals surface area contributed by atoms with Gasteiger partial charge in [-0.1, -0.05) is 39.0 Å². The number of likely N-dealkylation sites (N-methyl/N-ethyl adjacent to an activating group) is 1. The average Bonchev–Trinajstić information content (AvgIpc) is 2.42. The second kappa shape index (κ2) is 6.95. The molecule has 1 aliphatic rings. The van der Waals surface area contributed by atoms with Gasteiger partial charge >= 0.3 is 0 Å². The molecule has 1 saturated carbocycles. The van der Waals surface area contributed by atoms with Crippen molar-refractivity contribution < 1.29 is 4.74 Å². The molecule has 0 aromatic heterocycles. The number of ether oxygens (including phenoxy) is 1. The van der Waals surface area contributed by atoms with Gasteiger partial charge in [-0.15, -0.1) is 0 Å². The lowest BCUT2D eigenvalue weighted by Gasteiger charge is -2.38. The van der Waals surface area contributed by atoms with Crippen LogP contribution in [0.3, 0.4) is 0 Å². The summed E-state index contributed by atoms with van der Waals surface area (Å²) in [4.78, 5) is 0. The molecule has 0 amide bonds. The highest BCUT2D eigenvalue weighted by molar-refractivity contribution is 5.21. The van der Waals surface area contributed by atoms with E-state index in [4.69, 9.17) is 4.74 Å². The van der Waals surface area contributed by atoms with Gasteiger partial charge in [-0.3, -0.25) is 0 Å². The Kier molecular flexibility index (Phi) is 5.26. The molecular formula is C17H27NO. The van der Waals surface area contributed by atoms with Crippen LogP contribution in [-0.2, 0) is 0 Å². The number of rotatable bonds is 5. The zero-order valence-corrected chi connectivity index (χ0v) is 12.4. The molecule has 3 unspecified atom stereocenters. The largest absolute Gasteiger partial charge is 0.489 e. The highest BCUT2D eigenvalue weighted by Gasteiger charge is 2.32. The van der Waals surface area contributed by atoms with Crippen molar-refractivity contribution in [2.45, 2.75) is 52.2 Å². The van der Waals surface area contributed by atoms with Crippen LogP contribution in [0.15, 0.2) is 30.3 Å². The van der Waals surface area contributed by atoms with Crippen LogP contribution in [0.4, 0.5) is 0 Å². The van der Waals surface area contributed by atoms with E-state index < -0.39 is 0 Å². The summed E-state index contributed by atoms with van der Waals surface area (Å²) in [5, 5.41) is 3.59. The molecule has 0 aliphatic heterocycles. The summed E-state index contributed by atoms with van der Waals surface area (Å²) in [7, 11) is 0. The monoisotopic (exact) mass is 261 g/mol. The molecule has 1 N–H and O–H groups in total. The second-order valence-corrected chi connectivity index (χ2v) is 5.95. The van der Waals surface area contributed by atoms with Crippen molar-refractivity contribution in [2.75, 3.05) is 6.54 Å². The van der Waals surface area contributed by atoms with Gasteiger partial charge in [-0.2, -0.15) is 0 Å².